The van der Waals surface area contributed by atoms with E-state index in [1.165, 1.54) is 61.5 Å². The number of nitro groups is 1. The number of carbonyl (C=O) groups is 2. The minimum Gasteiger partial charge on any atom is -0.496 e. The highest BCUT2D eigenvalue weighted by molar-refractivity contribution is 5.96. The van der Waals surface area contributed by atoms with Gasteiger partial charge in [0, 0.05) is 5.69 Å². The smallest absolute Gasteiger partial charge is 0.296 e. The van der Waals surface area contributed by atoms with Crippen molar-refractivity contribution in [3.05, 3.63) is 58.4 Å². The molecule has 2 aromatic rings. The third-order valence-corrected chi connectivity index (χ3v) is 3.61. The van der Waals surface area contributed by atoms with Crippen LogP contribution in [0.15, 0.2) is 42.5 Å². The monoisotopic (exact) mass is 390 g/mol. The van der Waals surface area contributed by atoms with Gasteiger partial charge in [0.15, 0.2) is 0 Å². The number of carbonyl (C=O) groups excluding carboxylic acids is 2. The number of methoxy groups -OCH3 is 1. The zero-order valence-electron chi connectivity index (χ0n) is 15.3. The zero-order chi connectivity index (χ0) is 20.7. The van der Waals surface area contributed by atoms with Crippen LogP contribution >= 0.6 is 0 Å². The molecule has 0 aromatic heterocycles. The molecular formula is C18H19FN4O5. The summed E-state index contributed by atoms with van der Waals surface area (Å²) in [4.78, 5) is 36.1. The summed E-state index contributed by atoms with van der Waals surface area (Å²) in [6.07, 6.45) is 0. The Kier molecular flexibility index (Phi) is 6.99. The number of benzene rings is 2. The fourth-order valence-electron chi connectivity index (χ4n) is 2.40. The zero-order valence-corrected chi connectivity index (χ0v) is 15.3. The first-order valence-electron chi connectivity index (χ1n) is 8.14. The molecule has 0 unspecified atom stereocenters. The molecule has 10 heteroatoms. The summed E-state index contributed by atoms with van der Waals surface area (Å²) in [6, 6.07) is 9.48. The molecule has 0 aliphatic rings. The Morgan fingerprint density at radius 3 is 2.43 bits per heavy atom. The van der Waals surface area contributed by atoms with E-state index < -0.39 is 22.6 Å². The number of nitro benzene ring substituents is 1. The molecular weight excluding hydrogens is 371 g/mol. The van der Waals surface area contributed by atoms with Crippen LogP contribution in [0.3, 0.4) is 0 Å². The molecule has 2 N–H and O–H groups in total. The predicted octanol–water partition coefficient (Wildman–Crippen LogP) is 2.25. The molecule has 28 heavy (non-hydrogen) atoms. The van der Waals surface area contributed by atoms with Crippen molar-refractivity contribution in [2.75, 3.05) is 37.9 Å². The van der Waals surface area contributed by atoms with Crippen LogP contribution in [0.4, 0.5) is 21.5 Å². The first-order valence-corrected chi connectivity index (χ1v) is 8.14. The summed E-state index contributed by atoms with van der Waals surface area (Å²) < 4.78 is 18.1. The maximum Gasteiger partial charge on any atom is 0.296 e. The van der Waals surface area contributed by atoms with Gasteiger partial charge in [0.1, 0.15) is 17.3 Å². The third-order valence-electron chi connectivity index (χ3n) is 3.61. The Morgan fingerprint density at radius 1 is 1.14 bits per heavy atom. The number of amides is 2. The number of anilines is 2. The molecule has 0 bridgehead atoms. The number of halogens is 1. The Balaban J connectivity index is 1.92. The number of nitrogens with one attached hydrogen (secondary N) is 2. The third kappa shape index (κ3) is 6.02. The van der Waals surface area contributed by atoms with E-state index in [2.05, 4.69) is 10.6 Å². The fraction of sp³-hybridized carbons (Fsp3) is 0.222. The van der Waals surface area contributed by atoms with E-state index in [1.807, 2.05) is 0 Å². The van der Waals surface area contributed by atoms with Crippen LogP contribution < -0.4 is 15.4 Å². The molecule has 0 saturated carbocycles. The Morgan fingerprint density at radius 2 is 1.82 bits per heavy atom. The molecule has 0 heterocycles. The van der Waals surface area contributed by atoms with E-state index in [0.29, 0.717) is 5.69 Å². The quantitative estimate of drug-likeness (QED) is 0.528. The van der Waals surface area contributed by atoms with Crippen molar-refractivity contribution < 1.29 is 23.6 Å². The van der Waals surface area contributed by atoms with Gasteiger partial charge in [-0.05, 0) is 37.4 Å². The van der Waals surface area contributed by atoms with Crippen molar-refractivity contribution in [2.45, 2.75) is 0 Å². The van der Waals surface area contributed by atoms with Gasteiger partial charge in [0.25, 0.3) is 5.69 Å². The first-order chi connectivity index (χ1) is 13.3. The van der Waals surface area contributed by atoms with Crippen LogP contribution in [0.25, 0.3) is 0 Å². The van der Waals surface area contributed by atoms with Gasteiger partial charge in [-0.2, -0.15) is 0 Å². The van der Waals surface area contributed by atoms with E-state index in [9.17, 15) is 24.1 Å². The topological polar surface area (TPSA) is 114 Å². The Hall–Kier alpha value is -3.53. The number of ether oxygens (including phenoxy) is 1. The molecule has 0 fully saturated rings. The van der Waals surface area contributed by atoms with Gasteiger partial charge in [0.2, 0.25) is 11.8 Å². The fourth-order valence-corrected chi connectivity index (χ4v) is 2.40. The van der Waals surface area contributed by atoms with Gasteiger partial charge >= 0.3 is 0 Å². The summed E-state index contributed by atoms with van der Waals surface area (Å²) in [5.41, 5.74) is 0.0179. The lowest BCUT2D eigenvalue weighted by Crippen LogP contribution is -2.36. The summed E-state index contributed by atoms with van der Waals surface area (Å²) in [5, 5.41) is 16.1. The molecule has 2 amide bonds. The molecule has 0 spiro atoms. The van der Waals surface area contributed by atoms with Crippen molar-refractivity contribution in [2.24, 2.45) is 0 Å². The lowest BCUT2D eigenvalue weighted by molar-refractivity contribution is -0.384. The Bertz CT molecular complexity index is 890. The number of likely N-dealkylation sites (N-methyl/N-ethyl adjacent to an activating group) is 1. The van der Waals surface area contributed by atoms with Gasteiger partial charge in [-0.15, -0.1) is 0 Å². The maximum atomic E-state index is 13.1. The lowest BCUT2D eigenvalue weighted by Gasteiger charge is -2.16. The average molecular weight is 390 g/mol. The van der Waals surface area contributed by atoms with Crippen molar-refractivity contribution in [1.29, 1.82) is 0 Å². The molecule has 0 aliphatic heterocycles. The highest BCUT2D eigenvalue weighted by Crippen LogP contribution is 2.28. The van der Waals surface area contributed by atoms with Gasteiger partial charge in [0.05, 0.1) is 31.2 Å². The highest BCUT2D eigenvalue weighted by Gasteiger charge is 2.18. The molecule has 148 valence electrons. The number of rotatable bonds is 8. The minimum absolute atomic E-state index is 0.0217. The van der Waals surface area contributed by atoms with Crippen LogP contribution in [-0.4, -0.2) is 48.9 Å². The molecule has 2 aromatic carbocycles. The highest BCUT2D eigenvalue weighted by atomic mass is 19.1. The van der Waals surface area contributed by atoms with E-state index in [4.69, 9.17) is 4.74 Å². The minimum atomic E-state index is -0.631. The molecule has 0 saturated heterocycles. The van der Waals surface area contributed by atoms with Crippen LogP contribution in [0.2, 0.25) is 0 Å². The number of hydrogen-bond donors (Lipinski definition) is 2. The molecule has 0 atom stereocenters. The van der Waals surface area contributed by atoms with Crippen molar-refractivity contribution >= 4 is 28.9 Å². The molecule has 2 rings (SSSR count). The predicted molar refractivity (Wildman–Crippen MR) is 101 cm³/mol. The van der Waals surface area contributed by atoms with Gasteiger partial charge in [-0.3, -0.25) is 24.6 Å². The van der Waals surface area contributed by atoms with Crippen molar-refractivity contribution in [3.8, 4) is 5.75 Å². The first kappa shape index (κ1) is 20.8. The van der Waals surface area contributed by atoms with Crippen LogP contribution in [0.5, 0.6) is 5.75 Å². The average Bonchev–Trinajstić information content (AvgIpc) is 2.61. The summed E-state index contributed by atoms with van der Waals surface area (Å²) in [5.74, 6) is -1.16. The molecule has 0 aliphatic carbocycles. The van der Waals surface area contributed by atoms with E-state index in [0.717, 1.165) is 0 Å². The SMILES string of the molecule is COc1ccc(NC(=O)CN(C)CC(=O)Nc2cccc(F)c2)c([N+](=O)[O-])c1. The van der Waals surface area contributed by atoms with Gasteiger partial charge in [-0.25, -0.2) is 4.39 Å². The van der Waals surface area contributed by atoms with E-state index >= 15 is 0 Å². The molecule has 9 nitrogen and oxygen atoms in total. The van der Waals surface area contributed by atoms with E-state index in [-0.39, 0.29) is 30.2 Å². The van der Waals surface area contributed by atoms with E-state index in [1.54, 1.807) is 0 Å². The standard InChI is InChI=1S/C18H19FN4O5/c1-22(10-17(24)20-13-5-3-4-12(19)8-13)11-18(25)21-15-7-6-14(28-2)9-16(15)23(26)27/h3-9H,10-11H2,1-2H3,(H,20,24)(H,21,25). The summed E-state index contributed by atoms with van der Waals surface area (Å²) in [6.45, 7) is -0.311. The largest absolute Gasteiger partial charge is 0.496 e. The second-order valence-corrected chi connectivity index (χ2v) is 5.92. The molecule has 0 radical (unpaired) electrons. The van der Waals surface area contributed by atoms with Gasteiger partial charge < -0.3 is 15.4 Å². The Labute approximate surface area is 160 Å². The maximum absolute atomic E-state index is 13.1. The van der Waals surface area contributed by atoms with Crippen LogP contribution in [0.1, 0.15) is 0 Å². The normalized spacial score (nSPS) is 10.4. The van der Waals surface area contributed by atoms with Crippen molar-refractivity contribution in [3.63, 3.8) is 0 Å². The number of nitrogens with zero attached hydrogens (tertiary/aromatic N) is 2. The van der Waals surface area contributed by atoms with Crippen molar-refractivity contribution in [1.82, 2.24) is 4.90 Å². The summed E-state index contributed by atoms with van der Waals surface area (Å²) in [7, 11) is 2.91. The lowest BCUT2D eigenvalue weighted by atomic mass is 10.2. The second kappa shape index (κ2) is 9.42. The summed E-state index contributed by atoms with van der Waals surface area (Å²) >= 11 is 0. The second-order valence-electron chi connectivity index (χ2n) is 5.92. The van der Waals surface area contributed by atoms with Gasteiger partial charge in [-0.1, -0.05) is 6.07 Å². The van der Waals surface area contributed by atoms with Crippen LogP contribution in [-0.2, 0) is 9.59 Å². The number of hydrogen-bond acceptors (Lipinski definition) is 6. The van der Waals surface area contributed by atoms with Crippen LogP contribution in [0, 0.1) is 15.9 Å².